The molecule has 4 rings (SSSR count). The monoisotopic (exact) mass is 470 g/mol. The zero-order valence-corrected chi connectivity index (χ0v) is 18.9. The van der Waals surface area contributed by atoms with Gasteiger partial charge in [-0.1, -0.05) is 6.92 Å². The van der Waals surface area contributed by atoms with Crippen molar-refractivity contribution in [3.05, 3.63) is 65.9 Å². The molecule has 1 amide bonds. The molecule has 4 heterocycles. The molecule has 0 spiro atoms. The van der Waals surface area contributed by atoms with Crippen molar-refractivity contribution in [2.75, 3.05) is 18.4 Å². The van der Waals surface area contributed by atoms with Crippen LogP contribution in [0.15, 0.2) is 48.9 Å². The Hall–Kier alpha value is -3.56. The van der Waals surface area contributed by atoms with Gasteiger partial charge in [-0.3, -0.25) is 4.79 Å². The first kappa shape index (κ1) is 23.6. The van der Waals surface area contributed by atoms with Crippen molar-refractivity contribution in [2.24, 2.45) is 5.92 Å². The minimum absolute atomic E-state index is 0.140. The van der Waals surface area contributed by atoms with Crippen LogP contribution in [0.3, 0.4) is 0 Å². The van der Waals surface area contributed by atoms with Crippen molar-refractivity contribution >= 4 is 11.7 Å². The fourth-order valence-corrected chi connectivity index (χ4v) is 4.13. The summed E-state index contributed by atoms with van der Waals surface area (Å²) in [6.07, 6.45) is 1.49. The van der Waals surface area contributed by atoms with Crippen molar-refractivity contribution in [1.82, 2.24) is 24.8 Å². The van der Waals surface area contributed by atoms with Crippen LogP contribution in [0.1, 0.15) is 41.5 Å². The van der Waals surface area contributed by atoms with Crippen molar-refractivity contribution < 1.29 is 18.0 Å². The average molecular weight is 470 g/mol. The lowest BCUT2D eigenvalue weighted by Crippen LogP contribution is -2.49. The highest BCUT2D eigenvalue weighted by Crippen LogP contribution is 2.34. The number of halogens is 3. The number of aryl methyl sites for hydroxylation is 1. The molecular weight excluding hydrogens is 445 g/mol. The molecule has 0 radical (unpaired) electrons. The van der Waals surface area contributed by atoms with Crippen LogP contribution >= 0.6 is 0 Å². The van der Waals surface area contributed by atoms with E-state index in [1.807, 2.05) is 0 Å². The number of aromatic nitrogens is 4. The summed E-state index contributed by atoms with van der Waals surface area (Å²) in [5, 5.41) is 2.83. The lowest BCUT2D eigenvalue weighted by Gasteiger charge is -2.39. The minimum Gasteiger partial charge on any atom is -0.368 e. The molecule has 0 saturated carbocycles. The molecule has 0 aliphatic carbocycles. The van der Waals surface area contributed by atoms with E-state index in [1.165, 1.54) is 12.3 Å². The molecule has 2 unspecified atom stereocenters. The van der Waals surface area contributed by atoms with Crippen molar-refractivity contribution in [2.45, 2.75) is 38.9 Å². The molecule has 1 aliphatic rings. The van der Waals surface area contributed by atoms with E-state index in [2.05, 4.69) is 32.2 Å². The normalized spacial score (nSPS) is 18.6. The van der Waals surface area contributed by atoms with Crippen LogP contribution in [-0.2, 0) is 6.18 Å². The van der Waals surface area contributed by atoms with Crippen LogP contribution in [0.4, 0.5) is 19.0 Å². The maximum Gasteiger partial charge on any atom is 0.419 e. The number of nitrogens with one attached hydrogen (secondary N) is 1. The maximum atomic E-state index is 13.7. The van der Waals surface area contributed by atoms with Gasteiger partial charge >= 0.3 is 6.18 Å². The topological polar surface area (TPSA) is 83.9 Å². The number of piperidine rings is 1. The van der Waals surface area contributed by atoms with Gasteiger partial charge in [0.2, 0.25) is 0 Å². The summed E-state index contributed by atoms with van der Waals surface area (Å²) in [4.78, 5) is 32.3. The summed E-state index contributed by atoms with van der Waals surface area (Å²) >= 11 is 0. The molecule has 1 aliphatic heterocycles. The van der Waals surface area contributed by atoms with Gasteiger partial charge in [-0.05, 0) is 56.0 Å². The maximum absolute atomic E-state index is 13.7. The van der Waals surface area contributed by atoms with Crippen LogP contribution in [-0.4, -0.2) is 49.9 Å². The molecule has 0 aromatic carbocycles. The first-order chi connectivity index (χ1) is 16.2. The lowest BCUT2D eigenvalue weighted by atomic mass is 9.93. The number of hydrogen-bond acceptors (Lipinski definition) is 6. The Labute approximate surface area is 195 Å². The second kappa shape index (κ2) is 9.74. The van der Waals surface area contributed by atoms with Crippen LogP contribution in [0, 0.1) is 12.8 Å². The van der Waals surface area contributed by atoms with Crippen molar-refractivity contribution in [1.29, 1.82) is 0 Å². The second-order valence-electron chi connectivity index (χ2n) is 8.49. The van der Waals surface area contributed by atoms with E-state index in [4.69, 9.17) is 0 Å². The van der Waals surface area contributed by atoms with Gasteiger partial charge < -0.3 is 10.2 Å². The zero-order valence-electron chi connectivity index (χ0n) is 18.9. The van der Waals surface area contributed by atoms with Gasteiger partial charge in [0.25, 0.3) is 5.91 Å². The number of carbonyl (C=O) groups excluding carboxylic acids is 1. The predicted molar refractivity (Wildman–Crippen MR) is 121 cm³/mol. The van der Waals surface area contributed by atoms with Crippen molar-refractivity contribution in [3.63, 3.8) is 0 Å². The first-order valence-electron chi connectivity index (χ1n) is 11.1. The Morgan fingerprint density at radius 3 is 2.56 bits per heavy atom. The summed E-state index contributed by atoms with van der Waals surface area (Å²) in [5.74, 6) is 0.109. The van der Waals surface area contributed by atoms with Gasteiger partial charge in [-0.2, -0.15) is 13.2 Å². The molecule has 1 saturated heterocycles. The average Bonchev–Trinajstić information content (AvgIpc) is 2.83. The van der Waals surface area contributed by atoms with E-state index >= 15 is 0 Å². The molecular formula is C24H25F3N6O. The van der Waals surface area contributed by atoms with E-state index in [1.54, 1.807) is 42.4 Å². The van der Waals surface area contributed by atoms with Gasteiger partial charge in [0.05, 0.1) is 11.1 Å². The number of amides is 1. The molecule has 2 atom stereocenters. The van der Waals surface area contributed by atoms with E-state index in [-0.39, 0.29) is 35.9 Å². The largest absolute Gasteiger partial charge is 0.419 e. The highest BCUT2D eigenvalue weighted by molar-refractivity contribution is 5.98. The van der Waals surface area contributed by atoms with Crippen LogP contribution < -0.4 is 5.32 Å². The Morgan fingerprint density at radius 2 is 1.82 bits per heavy atom. The fraction of sp³-hybridized carbons (Fsp3) is 0.375. The number of likely N-dealkylation sites (tertiary alicyclic amines) is 1. The minimum atomic E-state index is -4.52. The van der Waals surface area contributed by atoms with Gasteiger partial charge in [0, 0.05) is 43.4 Å². The summed E-state index contributed by atoms with van der Waals surface area (Å²) < 4.78 is 40.1. The van der Waals surface area contributed by atoms with E-state index in [0.29, 0.717) is 30.0 Å². The molecule has 178 valence electrons. The molecule has 1 N–H and O–H groups in total. The number of nitrogens with zero attached hydrogens (tertiary/aromatic N) is 5. The number of anilines is 1. The van der Waals surface area contributed by atoms with Crippen LogP contribution in [0.5, 0.6) is 0 Å². The summed E-state index contributed by atoms with van der Waals surface area (Å²) in [6, 6.07) is 7.17. The highest BCUT2D eigenvalue weighted by Gasteiger charge is 2.36. The standard InChI is InChI=1S/C24H25F3N6O/c1-15-6-8-17(13-31-22-19(24(25,26)27)5-3-10-30-22)33(14-15)23(34)20-18(9-7-16(2)32-20)21-28-11-4-12-29-21/h3-5,7,9-12,15,17H,6,8,13-14H2,1-2H3,(H,30,31). The Bertz CT molecular complexity index is 1150. The molecule has 3 aromatic heterocycles. The number of hydrogen-bond donors (Lipinski definition) is 1. The summed E-state index contributed by atoms with van der Waals surface area (Å²) in [5.41, 5.74) is 0.594. The van der Waals surface area contributed by atoms with Crippen LogP contribution in [0.2, 0.25) is 0 Å². The summed E-state index contributed by atoms with van der Waals surface area (Å²) in [7, 11) is 0. The SMILES string of the molecule is Cc1ccc(-c2ncccn2)c(C(=O)N2CC(C)CCC2CNc2ncccc2C(F)(F)F)n1. The fourth-order valence-electron chi connectivity index (χ4n) is 4.13. The Morgan fingerprint density at radius 1 is 1.09 bits per heavy atom. The molecule has 0 bridgehead atoms. The van der Waals surface area contributed by atoms with Crippen LogP contribution in [0.25, 0.3) is 11.4 Å². The van der Waals surface area contributed by atoms with Crippen molar-refractivity contribution in [3.8, 4) is 11.4 Å². The number of alkyl halides is 3. The molecule has 3 aromatic rings. The number of carbonyl (C=O) groups is 1. The third kappa shape index (κ3) is 5.16. The van der Waals surface area contributed by atoms with Gasteiger partial charge in [0.15, 0.2) is 5.82 Å². The summed E-state index contributed by atoms with van der Waals surface area (Å²) in [6.45, 7) is 4.46. The van der Waals surface area contributed by atoms with E-state index in [9.17, 15) is 18.0 Å². The number of pyridine rings is 2. The van der Waals surface area contributed by atoms with E-state index < -0.39 is 11.7 Å². The molecule has 7 nitrogen and oxygen atoms in total. The predicted octanol–water partition coefficient (Wildman–Crippen LogP) is 4.61. The number of rotatable bonds is 5. The highest BCUT2D eigenvalue weighted by atomic mass is 19.4. The quantitative estimate of drug-likeness (QED) is 0.586. The molecule has 1 fully saturated rings. The lowest BCUT2D eigenvalue weighted by molar-refractivity contribution is -0.137. The molecule has 34 heavy (non-hydrogen) atoms. The Balaban J connectivity index is 1.62. The first-order valence-corrected chi connectivity index (χ1v) is 11.1. The smallest absolute Gasteiger partial charge is 0.368 e. The Kier molecular flexibility index (Phi) is 6.76. The third-order valence-corrected chi connectivity index (χ3v) is 5.86. The van der Waals surface area contributed by atoms with E-state index in [0.717, 1.165) is 12.5 Å². The van der Waals surface area contributed by atoms with Gasteiger partial charge in [-0.25, -0.2) is 19.9 Å². The van der Waals surface area contributed by atoms with Gasteiger partial charge in [-0.15, -0.1) is 0 Å². The molecule has 10 heteroatoms. The van der Waals surface area contributed by atoms with Gasteiger partial charge in [0.1, 0.15) is 11.5 Å². The zero-order chi connectivity index (χ0) is 24.3. The third-order valence-electron chi connectivity index (χ3n) is 5.86. The second-order valence-corrected chi connectivity index (χ2v) is 8.49.